The minimum absolute atomic E-state index is 0.113. The van der Waals surface area contributed by atoms with Gasteiger partial charge in [0.1, 0.15) is 6.61 Å². The van der Waals surface area contributed by atoms with E-state index in [0.717, 1.165) is 5.69 Å². The summed E-state index contributed by atoms with van der Waals surface area (Å²) in [5.74, 6) is -2.96. The molecule has 0 saturated heterocycles. The van der Waals surface area contributed by atoms with Crippen LogP contribution in [0.1, 0.15) is 11.4 Å². The third-order valence-corrected chi connectivity index (χ3v) is 4.05. The van der Waals surface area contributed by atoms with Gasteiger partial charge >= 0.3 is 0 Å². The van der Waals surface area contributed by atoms with E-state index < -0.39 is 31.3 Å². The van der Waals surface area contributed by atoms with E-state index in [-0.39, 0.29) is 6.61 Å². The zero-order chi connectivity index (χ0) is 15.8. The summed E-state index contributed by atoms with van der Waals surface area (Å²) in [6.07, 6.45) is 0. The lowest BCUT2D eigenvalue weighted by Crippen LogP contribution is -2.06. The second kappa shape index (κ2) is 5.61. The summed E-state index contributed by atoms with van der Waals surface area (Å²) in [6, 6.07) is 2.91. The van der Waals surface area contributed by atoms with Gasteiger partial charge in [0, 0.05) is 17.7 Å². The summed E-state index contributed by atoms with van der Waals surface area (Å²) in [5, 5.41) is 4.07. The van der Waals surface area contributed by atoms with Crippen LogP contribution in [-0.4, -0.2) is 18.2 Å². The first-order valence-corrected chi connectivity index (χ1v) is 8.05. The molecule has 1 aromatic carbocycles. The second-order valence-corrected chi connectivity index (χ2v) is 6.91. The number of benzene rings is 1. The quantitative estimate of drug-likeness (QED) is 0.805. The lowest BCUT2D eigenvalue weighted by atomic mass is 10.3. The summed E-state index contributed by atoms with van der Waals surface area (Å²) >= 11 is 0. The number of halogens is 3. The SMILES string of the molecule is Cc1cc(COc2c(F)cc(S(=O)(=O)Cl)cc2F)n(C)n1. The van der Waals surface area contributed by atoms with Crippen LogP contribution < -0.4 is 4.74 Å². The normalized spacial score (nSPS) is 11.7. The Morgan fingerprint density at radius 1 is 1.29 bits per heavy atom. The predicted molar refractivity (Wildman–Crippen MR) is 71.7 cm³/mol. The molecule has 0 amide bonds. The predicted octanol–water partition coefficient (Wildman–Crippen LogP) is 2.51. The standard InChI is InChI=1S/C12H11ClF2N2O3S/c1-7-3-8(17(2)16-7)6-20-12-10(14)4-9(5-11(12)15)21(13,18)19/h3-5H,6H2,1-2H3. The molecule has 0 saturated carbocycles. The van der Waals surface area contributed by atoms with Crippen molar-refractivity contribution in [2.24, 2.45) is 7.05 Å². The maximum atomic E-state index is 13.7. The van der Waals surface area contributed by atoms with E-state index in [0.29, 0.717) is 17.8 Å². The number of hydrogen-bond donors (Lipinski definition) is 0. The van der Waals surface area contributed by atoms with Crippen molar-refractivity contribution in [3.63, 3.8) is 0 Å². The van der Waals surface area contributed by atoms with E-state index in [9.17, 15) is 17.2 Å². The molecule has 0 fully saturated rings. The molecule has 5 nitrogen and oxygen atoms in total. The number of aryl methyl sites for hydroxylation is 2. The zero-order valence-corrected chi connectivity index (χ0v) is 12.7. The van der Waals surface area contributed by atoms with Crippen LogP contribution in [0.25, 0.3) is 0 Å². The minimum atomic E-state index is -4.21. The van der Waals surface area contributed by atoms with E-state index in [1.165, 1.54) is 4.68 Å². The van der Waals surface area contributed by atoms with Crippen molar-refractivity contribution in [1.29, 1.82) is 0 Å². The summed E-state index contributed by atoms with van der Waals surface area (Å²) in [4.78, 5) is -0.664. The third-order valence-electron chi connectivity index (χ3n) is 2.72. The van der Waals surface area contributed by atoms with Gasteiger partial charge in [-0.15, -0.1) is 0 Å². The van der Waals surface area contributed by atoms with Crippen LogP contribution in [0.3, 0.4) is 0 Å². The van der Waals surface area contributed by atoms with Gasteiger partial charge in [-0.25, -0.2) is 17.2 Å². The van der Waals surface area contributed by atoms with E-state index >= 15 is 0 Å². The maximum Gasteiger partial charge on any atom is 0.261 e. The van der Waals surface area contributed by atoms with Crippen molar-refractivity contribution < 1.29 is 21.9 Å². The molecule has 0 N–H and O–H groups in total. The molecule has 21 heavy (non-hydrogen) atoms. The first kappa shape index (κ1) is 15.7. The van der Waals surface area contributed by atoms with Gasteiger partial charge in [0.25, 0.3) is 9.05 Å². The Labute approximate surface area is 124 Å². The Hall–Kier alpha value is -1.67. The molecule has 0 unspecified atom stereocenters. The molecular weight excluding hydrogens is 326 g/mol. The number of hydrogen-bond acceptors (Lipinski definition) is 4. The fourth-order valence-electron chi connectivity index (χ4n) is 1.76. The van der Waals surface area contributed by atoms with Crippen LogP contribution in [0.15, 0.2) is 23.1 Å². The van der Waals surface area contributed by atoms with Crippen molar-refractivity contribution in [2.75, 3.05) is 0 Å². The highest BCUT2D eigenvalue weighted by atomic mass is 35.7. The number of nitrogens with zero attached hydrogens (tertiary/aromatic N) is 2. The highest BCUT2D eigenvalue weighted by molar-refractivity contribution is 8.13. The monoisotopic (exact) mass is 336 g/mol. The lowest BCUT2D eigenvalue weighted by molar-refractivity contribution is 0.264. The summed E-state index contributed by atoms with van der Waals surface area (Å²) in [5.41, 5.74) is 1.35. The van der Waals surface area contributed by atoms with Gasteiger partial charge in [-0.1, -0.05) is 0 Å². The molecule has 0 aliphatic rings. The maximum absolute atomic E-state index is 13.7. The number of ether oxygens (including phenoxy) is 1. The lowest BCUT2D eigenvalue weighted by Gasteiger charge is -2.09. The first-order chi connectivity index (χ1) is 9.68. The van der Waals surface area contributed by atoms with Gasteiger partial charge < -0.3 is 4.74 Å². The van der Waals surface area contributed by atoms with Crippen LogP contribution in [0.5, 0.6) is 5.75 Å². The molecular formula is C12H11ClF2N2O3S. The van der Waals surface area contributed by atoms with Crippen molar-refractivity contribution in [1.82, 2.24) is 9.78 Å². The van der Waals surface area contributed by atoms with Gasteiger partial charge in [0.2, 0.25) is 0 Å². The Morgan fingerprint density at radius 3 is 2.29 bits per heavy atom. The van der Waals surface area contributed by atoms with Crippen molar-refractivity contribution >= 4 is 19.7 Å². The minimum Gasteiger partial charge on any atom is -0.481 e. The topological polar surface area (TPSA) is 61.2 Å². The van der Waals surface area contributed by atoms with Crippen LogP contribution in [0.2, 0.25) is 0 Å². The van der Waals surface area contributed by atoms with E-state index in [4.69, 9.17) is 15.4 Å². The van der Waals surface area contributed by atoms with E-state index in [2.05, 4.69) is 5.10 Å². The molecule has 2 aromatic rings. The van der Waals surface area contributed by atoms with E-state index in [1.54, 1.807) is 20.0 Å². The molecule has 0 aliphatic heterocycles. The molecule has 114 valence electrons. The van der Waals surface area contributed by atoms with Gasteiger partial charge in [-0.3, -0.25) is 4.68 Å². The van der Waals surface area contributed by atoms with Crippen LogP contribution >= 0.6 is 10.7 Å². The summed E-state index contributed by atoms with van der Waals surface area (Å²) < 4.78 is 56.2. The molecule has 0 spiro atoms. The molecule has 9 heteroatoms. The van der Waals surface area contributed by atoms with Crippen molar-refractivity contribution in [3.8, 4) is 5.75 Å². The third kappa shape index (κ3) is 3.51. The van der Waals surface area contributed by atoms with Crippen molar-refractivity contribution in [3.05, 3.63) is 41.2 Å². The van der Waals surface area contributed by atoms with Gasteiger partial charge in [0.15, 0.2) is 17.4 Å². The van der Waals surface area contributed by atoms with E-state index in [1.807, 2.05) is 0 Å². The van der Waals surface area contributed by atoms with Gasteiger partial charge in [-0.2, -0.15) is 5.10 Å². The fraction of sp³-hybridized carbons (Fsp3) is 0.250. The smallest absolute Gasteiger partial charge is 0.261 e. The Balaban J connectivity index is 2.27. The molecule has 2 rings (SSSR count). The fourth-order valence-corrected chi connectivity index (χ4v) is 2.52. The van der Waals surface area contributed by atoms with Gasteiger partial charge in [0.05, 0.1) is 16.3 Å². The Bertz CT molecular complexity index is 767. The van der Waals surface area contributed by atoms with Crippen LogP contribution in [0.4, 0.5) is 8.78 Å². The largest absolute Gasteiger partial charge is 0.481 e. The van der Waals surface area contributed by atoms with Crippen LogP contribution in [-0.2, 0) is 22.7 Å². The van der Waals surface area contributed by atoms with Crippen molar-refractivity contribution in [2.45, 2.75) is 18.4 Å². The average Bonchev–Trinajstić information content (AvgIpc) is 2.65. The average molecular weight is 337 g/mol. The Morgan fingerprint density at radius 2 is 1.86 bits per heavy atom. The summed E-state index contributed by atoms with van der Waals surface area (Å²) in [6.45, 7) is 1.66. The number of rotatable bonds is 4. The Kier molecular flexibility index (Phi) is 4.20. The molecule has 1 heterocycles. The molecule has 0 atom stereocenters. The molecule has 0 aliphatic carbocycles. The molecule has 0 bridgehead atoms. The summed E-state index contributed by atoms with van der Waals surface area (Å²) in [7, 11) is 2.49. The second-order valence-electron chi connectivity index (χ2n) is 4.34. The molecule has 0 radical (unpaired) electrons. The highest BCUT2D eigenvalue weighted by Crippen LogP contribution is 2.27. The highest BCUT2D eigenvalue weighted by Gasteiger charge is 2.19. The zero-order valence-electron chi connectivity index (χ0n) is 11.1. The van der Waals surface area contributed by atoms with Crippen LogP contribution in [0, 0.1) is 18.6 Å². The molecule has 1 aromatic heterocycles. The van der Waals surface area contributed by atoms with Gasteiger partial charge in [-0.05, 0) is 25.1 Å². The first-order valence-electron chi connectivity index (χ1n) is 5.74. The number of aromatic nitrogens is 2.